The molecule has 0 spiro atoms. The first-order valence-electron chi connectivity index (χ1n) is 4.00. The van der Waals surface area contributed by atoms with Crippen molar-refractivity contribution in [2.45, 2.75) is 0 Å². The monoisotopic (exact) mass is 321 g/mol. The molecule has 0 saturated carbocycles. The molecule has 0 aliphatic carbocycles. The lowest BCUT2D eigenvalue weighted by Gasteiger charge is -2.08. The highest BCUT2D eigenvalue weighted by Gasteiger charge is 2.13. The van der Waals surface area contributed by atoms with Crippen LogP contribution < -0.4 is 5.32 Å². The summed E-state index contributed by atoms with van der Waals surface area (Å²) in [5.41, 5.74) is 0.413. The highest BCUT2D eigenvalue weighted by atomic mass is 127. The van der Waals surface area contributed by atoms with Gasteiger partial charge in [-0.2, -0.15) is 0 Å². The summed E-state index contributed by atoms with van der Waals surface area (Å²) in [5, 5.41) is 19.9. The number of nitrogens with one attached hydrogen (secondary N) is 1. The van der Waals surface area contributed by atoms with Gasteiger partial charge < -0.3 is 15.5 Å². The van der Waals surface area contributed by atoms with E-state index in [-0.39, 0.29) is 12.1 Å². The Morgan fingerprint density at radius 1 is 1.33 bits per heavy atom. The van der Waals surface area contributed by atoms with E-state index >= 15 is 0 Å². The molecule has 0 amide bonds. The normalized spacial score (nSPS) is 9.67. The maximum absolute atomic E-state index is 10.9. The van der Waals surface area contributed by atoms with Gasteiger partial charge in [0.2, 0.25) is 0 Å². The number of halogens is 1. The van der Waals surface area contributed by atoms with E-state index in [2.05, 4.69) is 5.32 Å². The Balaban J connectivity index is 3.01. The standard InChI is InChI=1S/C9H8INO4/c10-5-2-1-3-6(8(5)9(14)15)11-4-7(12)13/h1-3,11H,4H2,(H,12,13)(H,14,15). The summed E-state index contributed by atoms with van der Waals surface area (Å²) in [6.45, 7) is -0.305. The fraction of sp³-hybridized carbons (Fsp3) is 0.111. The molecule has 15 heavy (non-hydrogen) atoms. The van der Waals surface area contributed by atoms with Gasteiger partial charge in [-0.1, -0.05) is 6.07 Å². The summed E-state index contributed by atoms with van der Waals surface area (Å²) in [5.74, 6) is -2.11. The van der Waals surface area contributed by atoms with Crippen molar-refractivity contribution in [1.29, 1.82) is 0 Å². The number of benzene rings is 1. The Morgan fingerprint density at radius 3 is 2.53 bits per heavy atom. The van der Waals surface area contributed by atoms with Crippen LogP contribution in [0, 0.1) is 3.57 Å². The largest absolute Gasteiger partial charge is 0.480 e. The lowest BCUT2D eigenvalue weighted by atomic mass is 10.2. The van der Waals surface area contributed by atoms with Crippen molar-refractivity contribution < 1.29 is 19.8 Å². The first-order valence-corrected chi connectivity index (χ1v) is 5.07. The van der Waals surface area contributed by atoms with Crippen LogP contribution in [0.15, 0.2) is 18.2 Å². The number of carboxylic acid groups (broad SMARTS) is 2. The Bertz CT molecular complexity index is 405. The van der Waals surface area contributed by atoms with Crippen molar-refractivity contribution in [3.05, 3.63) is 27.3 Å². The van der Waals surface area contributed by atoms with E-state index in [1.165, 1.54) is 6.07 Å². The molecule has 0 aromatic heterocycles. The maximum atomic E-state index is 10.9. The van der Waals surface area contributed by atoms with E-state index in [1.807, 2.05) is 22.6 Å². The first-order chi connectivity index (χ1) is 7.02. The fourth-order valence-electron chi connectivity index (χ4n) is 1.06. The second-order valence-electron chi connectivity index (χ2n) is 2.71. The summed E-state index contributed by atoms with van der Waals surface area (Å²) >= 11 is 1.89. The van der Waals surface area contributed by atoms with Gasteiger partial charge in [0, 0.05) is 3.57 Å². The molecule has 0 unspecified atom stereocenters. The van der Waals surface area contributed by atoms with E-state index in [4.69, 9.17) is 10.2 Å². The number of hydrogen-bond donors (Lipinski definition) is 3. The van der Waals surface area contributed by atoms with E-state index in [0.717, 1.165) is 0 Å². The SMILES string of the molecule is O=C(O)CNc1cccc(I)c1C(=O)O. The van der Waals surface area contributed by atoms with Crippen LogP contribution in [0.2, 0.25) is 0 Å². The molecule has 1 aromatic carbocycles. The Morgan fingerprint density at radius 2 is 2.00 bits per heavy atom. The van der Waals surface area contributed by atoms with Crippen LogP contribution >= 0.6 is 22.6 Å². The summed E-state index contributed by atoms with van der Waals surface area (Å²) in [6.07, 6.45) is 0. The predicted molar refractivity (Wildman–Crippen MR) is 62.2 cm³/mol. The minimum absolute atomic E-state index is 0.0966. The van der Waals surface area contributed by atoms with E-state index < -0.39 is 11.9 Å². The average Bonchev–Trinajstić information content (AvgIpc) is 2.13. The fourth-order valence-corrected chi connectivity index (χ4v) is 1.79. The van der Waals surface area contributed by atoms with Crippen LogP contribution in [0.25, 0.3) is 0 Å². The van der Waals surface area contributed by atoms with Crippen LogP contribution in [0.3, 0.4) is 0 Å². The molecule has 1 aromatic rings. The van der Waals surface area contributed by atoms with Gasteiger partial charge in [0.05, 0.1) is 11.3 Å². The van der Waals surface area contributed by atoms with Crippen molar-refractivity contribution in [2.75, 3.05) is 11.9 Å². The zero-order valence-corrected chi connectivity index (χ0v) is 9.69. The van der Waals surface area contributed by atoms with E-state index in [0.29, 0.717) is 9.26 Å². The third-order valence-corrected chi connectivity index (χ3v) is 2.56. The summed E-state index contributed by atoms with van der Waals surface area (Å²) in [4.78, 5) is 21.2. The van der Waals surface area contributed by atoms with Crippen molar-refractivity contribution in [3.63, 3.8) is 0 Å². The lowest BCUT2D eigenvalue weighted by molar-refractivity contribution is -0.134. The van der Waals surface area contributed by atoms with E-state index in [1.54, 1.807) is 12.1 Å². The molecule has 0 radical (unpaired) electrons. The van der Waals surface area contributed by atoms with Crippen LogP contribution in [0.1, 0.15) is 10.4 Å². The smallest absolute Gasteiger partial charge is 0.338 e. The molecule has 3 N–H and O–H groups in total. The number of carbonyl (C=O) groups is 2. The second kappa shape index (κ2) is 4.96. The molecular weight excluding hydrogens is 313 g/mol. The molecule has 0 fully saturated rings. The first kappa shape index (κ1) is 11.8. The number of carboxylic acids is 2. The minimum atomic E-state index is -1.08. The molecular formula is C9H8INO4. The van der Waals surface area contributed by atoms with Crippen LogP contribution in [-0.4, -0.2) is 28.7 Å². The summed E-state index contributed by atoms with van der Waals surface area (Å²) in [7, 11) is 0. The van der Waals surface area contributed by atoms with Gasteiger partial charge in [0.25, 0.3) is 0 Å². The third-order valence-electron chi connectivity index (χ3n) is 1.66. The molecule has 0 aliphatic rings. The van der Waals surface area contributed by atoms with Crippen LogP contribution in [0.5, 0.6) is 0 Å². The number of hydrogen-bond acceptors (Lipinski definition) is 3. The summed E-state index contributed by atoms with van der Waals surface area (Å²) in [6, 6.07) is 4.85. The van der Waals surface area contributed by atoms with Crippen molar-refractivity contribution in [3.8, 4) is 0 Å². The predicted octanol–water partition coefficient (Wildman–Crippen LogP) is 1.49. The summed E-state index contributed by atoms with van der Waals surface area (Å²) < 4.78 is 0.565. The number of aromatic carboxylic acids is 1. The topological polar surface area (TPSA) is 86.6 Å². The molecule has 0 bridgehead atoms. The van der Waals surface area contributed by atoms with Crippen molar-refractivity contribution in [2.24, 2.45) is 0 Å². The minimum Gasteiger partial charge on any atom is -0.480 e. The number of rotatable bonds is 4. The average molecular weight is 321 g/mol. The molecule has 6 heteroatoms. The van der Waals surface area contributed by atoms with Gasteiger partial charge in [-0.05, 0) is 34.7 Å². The molecule has 0 saturated heterocycles. The number of anilines is 1. The van der Waals surface area contributed by atoms with Gasteiger partial charge >= 0.3 is 11.9 Å². The van der Waals surface area contributed by atoms with Gasteiger partial charge in [-0.15, -0.1) is 0 Å². The number of aliphatic carboxylic acids is 1. The van der Waals surface area contributed by atoms with Crippen molar-refractivity contribution >= 4 is 40.2 Å². The zero-order valence-electron chi connectivity index (χ0n) is 7.53. The lowest BCUT2D eigenvalue weighted by Crippen LogP contribution is -2.15. The quantitative estimate of drug-likeness (QED) is 0.732. The Hall–Kier alpha value is -1.31. The van der Waals surface area contributed by atoms with Gasteiger partial charge in [0.15, 0.2) is 0 Å². The molecule has 0 atom stereocenters. The van der Waals surface area contributed by atoms with Crippen LogP contribution in [0.4, 0.5) is 5.69 Å². The van der Waals surface area contributed by atoms with Crippen molar-refractivity contribution in [1.82, 2.24) is 0 Å². The molecule has 80 valence electrons. The third kappa shape index (κ3) is 3.08. The van der Waals surface area contributed by atoms with Gasteiger partial charge in [-0.25, -0.2) is 4.79 Å². The molecule has 5 nitrogen and oxygen atoms in total. The molecule has 1 rings (SSSR count). The van der Waals surface area contributed by atoms with Crippen LogP contribution in [-0.2, 0) is 4.79 Å². The van der Waals surface area contributed by atoms with Gasteiger partial charge in [-0.3, -0.25) is 4.79 Å². The zero-order chi connectivity index (χ0) is 11.4. The Kier molecular flexibility index (Phi) is 3.89. The van der Waals surface area contributed by atoms with Gasteiger partial charge in [0.1, 0.15) is 6.54 Å². The highest BCUT2D eigenvalue weighted by Crippen LogP contribution is 2.21. The molecule has 0 heterocycles. The maximum Gasteiger partial charge on any atom is 0.338 e. The molecule has 0 aliphatic heterocycles. The highest BCUT2D eigenvalue weighted by molar-refractivity contribution is 14.1. The Labute approximate surface area is 99.2 Å². The van der Waals surface area contributed by atoms with E-state index in [9.17, 15) is 9.59 Å². The second-order valence-corrected chi connectivity index (χ2v) is 3.88.